The molecule has 3 aromatic heterocycles. The number of amides is 1. The van der Waals surface area contributed by atoms with E-state index in [1.54, 1.807) is 6.20 Å². The van der Waals surface area contributed by atoms with Crippen molar-refractivity contribution in [2.45, 2.75) is 19.8 Å². The van der Waals surface area contributed by atoms with E-state index in [1.165, 1.54) is 12.7 Å². The Balaban J connectivity index is 1.43. The predicted octanol–water partition coefficient (Wildman–Crippen LogP) is 3.68. The van der Waals surface area contributed by atoms with Gasteiger partial charge in [0.2, 0.25) is 0 Å². The summed E-state index contributed by atoms with van der Waals surface area (Å²) in [4.78, 5) is 23.6. The number of H-pyrrole nitrogens is 1. The first-order valence-corrected chi connectivity index (χ1v) is 9.91. The van der Waals surface area contributed by atoms with E-state index in [-0.39, 0.29) is 5.91 Å². The fraction of sp³-hybridized carbons (Fsp3) is 0.273. The monoisotopic (exact) mass is 386 g/mol. The molecule has 5 rings (SSSR count). The third-order valence-corrected chi connectivity index (χ3v) is 5.55. The number of hydrogen-bond acceptors (Lipinski definition) is 4. The topological polar surface area (TPSA) is 79.7 Å². The molecule has 0 radical (unpaired) electrons. The van der Waals surface area contributed by atoms with Gasteiger partial charge in [0.1, 0.15) is 12.0 Å². The molecule has 4 aromatic rings. The van der Waals surface area contributed by atoms with E-state index < -0.39 is 0 Å². The Kier molecular flexibility index (Phi) is 4.35. The third-order valence-electron chi connectivity index (χ3n) is 5.55. The predicted molar refractivity (Wildman–Crippen MR) is 111 cm³/mol. The molecule has 1 amide bonds. The van der Waals surface area contributed by atoms with Crippen molar-refractivity contribution < 1.29 is 4.79 Å². The molecule has 29 heavy (non-hydrogen) atoms. The molecule has 0 saturated carbocycles. The van der Waals surface area contributed by atoms with Crippen LogP contribution in [-0.4, -0.2) is 48.6 Å². The first kappa shape index (κ1) is 17.6. The van der Waals surface area contributed by atoms with Gasteiger partial charge in [0.05, 0.1) is 5.56 Å². The minimum atomic E-state index is 0.0788. The van der Waals surface area contributed by atoms with Gasteiger partial charge in [-0.25, -0.2) is 9.97 Å². The number of pyridine rings is 1. The Bertz CT molecular complexity index is 1150. The van der Waals surface area contributed by atoms with Gasteiger partial charge in [-0.05, 0) is 55.2 Å². The standard InChI is InChI=1S/C22H22N6O/c1-15-3-2-9-27(13-15)22(29)18-11-17-8-10-28(21(17)23-12-18)19-6-4-16(5-7-19)20-24-14-25-26-20/h4-8,10-12,14-15H,2-3,9,13H2,1H3,(H,24,25,26). The van der Waals surface area contributed by atoms with E-state index in [0.29, 0.717) is 11.5 Å². The number of carbonyl (C=O) groups is 1. The summed E-state index contributed by atoms with van der Waals surface area (Å²) in [5.74, 6) is 1.38. The lowest BCUT2D eigenvalue weighted by atomic mass is 9.99. The lowest BCUT2D eigenvalue weighted by molar-refractivity contribution is 0.0683. The zero-order valence-corrected chi connectivity index (χ0v) is 16.2. The summed E-state index contributed by atoms with van der Waals surface area (Å²) in [6.07, 6.45) is 7.44. The van der Waals surface area contributed by atoms with E-state index in [4.69, 9.17) is 0 Å². The van der Waals surface area contributed by atoms with E-state index in [0.717, 1.165) is 47.6 Å². The summed E-state index contributed by atoms with van der Waals surface area (Å²) >= 11 is 0. The Morgan fingerprint density at radius 3 is 2.79 bits per heavy atom. The van der Waals surface area contributed by atoms with Crippen molar-refractivity contribution in [1.29, 1.82) is 0 Å². The molecule has 1 unspecified atom stereocenters. The second-order valence-electron chi connectivity index (χ2n) is 7.70. The van der Waals surface area contributed by atoms with Crippen LogP contribution in [0.1, 0.15) is 30.1 Å². The summed E-state index contributed by atoms with van der Waals surface area (Å²) in [7, 11) is 0. The molecule has 1 saturated heterocycles. The molecule has 4 heterocycles. The van der Waals surface area contributed by atoms with Crippen LogP contribution in [0, 0.1) is 5.92 Å². The van der Waals surface area contributed by atoms with Gasteiger partial charge in [0.25, 0.3) is 5.91 Å². The number of hydrogen-bond donors (Lipinski definition) is 1. The van der Waals surface area contributed by atoms with Gasteiger partial charge in [-0.2, -0.15) is 5.10 Å². The number of carbonyl (C=O) groups excluding carboxylic acids is 1. The smallest absolute Gasteiger partial charge is 0.255 e. The number of fused-ring (bicyclic) bond motifs is 1. The normalized spacial score (nSPS) is 17.0. The number of benzene rings is 1. The first-order valence-electron chi connectivity index (χ1n) is 9.91. The Morgan fingerprint density at radius 2 is 2.03 bits per heavy atom. The molecule has 1 N–H and O–H groups in total. The van der Waals surface area contributed by atoms with E-state index in [9.17, 15) is 4.79 Å². The van der Waals surface area contributed by atoms with Gasteiger partial charge in [0, 0.05) is 42.1 Å². The number of aromatic amines is 1. The molecule has 146 valence electrons. The maximum absolute atomic E-state index is 12.9. The second kappa shape index (κ2) is 7.16. The summed E-state index contributed by atoms with van der Waals surface area (Å²) in [5, 5.41) is 7.72. The molecule has 0 bridgehead atoms. The van der Waals surface area contributed by atoms with Gasteiger partial charge in [-0.1, -0.05) is 6.92 Å². The van der Waals surface area contributed by atoms with Crippen molar-refractivity contribution in [2.24, 2.45) is 5.92 Å². The largest absolute Gasteiger partial charge is 0.338 e. The molecule has 7 nitrogen and oxygen atoms in total. The highest BCUT2D eigenvalue weighted by molar-refractivity contribution is 5.97. The zero-order valence-electron chi connectivity index (χ0n) is 16.2. The molecule has 7 heteroatoms. The van der Waals surface area contributed by atoms with Crippen molar-refractivity contribution in [3.05, 3.63) is 60.7 Å². The maximum Gasteiger partial charge on any atom is 0.255 e. The van der Waals surface area contributed by atoms with Gasteiger partial charge >= 0.3 is 0 Å². The number of piperidine rings is 1. The molecular weight excluding hydrogens is 364 g/mol. The van der Waals surface area contributed by atoms with Crippen molar-refractivity contribution >= 4 is 16.9 Å². The van der Waals surface area contributed by atoms with Gasteiger partial charge in [-0.3, -0.25) is 9.89 Å². The second-order valence-corrected chi connectivity index (χ2v) is 7.70. The molecule has 0 aliphatic carbocycles. The summed E-state index contributed by atoms with van der Waals surface area (Å²) in [5.41, 5.74) is 3.46. The van der Waals surface area contributed by atoms with Crippen LogP contribution in [-0.2, 0) is 0 Å². The molecule has 1 atom stereocenters. The Labute approximate surface area is 168 Å². The van der Waals surface area contributed by atoms with Crippen LogP contribution in [0.3, 0.4) is 0 Å². The van der Waals surface area contributed by atoms with Crippen molar-refractivity contribution in [3.8, 4) is 17.1 Å². The highest BCUT2D eigenvalue weighted by Crippen LogP contribution is 2.23. The van der Waals surface area contributed by atoms with Crippen molar-refractivity contribution in [1.82, 2.24) is 29.6 Å². The van der Waals surface area contributed by atoms with E-state index in [2.05, 4.69) is 27.1 Å². The van der Waals surface area contributed by atoms with Crippen molar-refractivity contribution in [2.75, 3.05) is 13.1 Å². The summed E-state index contributed by atoms with van der Waals surface area (Å²) in [6.45, 7) is 3.86. The van der Waals surface area contributed by atoms with E-state index >= 15 is 0 Å². The molecular formula is C22H22N6O. The van der Waals surface area contributed by atoms with E-state index in [1.807, 2.05) is 52.1 Å². The van der Waals surface area contributed by atoms with Crippen LogP contribution >= 0.6 is 0 Å². The van der Waals surface area contributed by atoms with Crippen LogP contribution in [0.2, 0.25) is 0 Å². The Hall–Kier alpha value is -3.48. The average Bonchev–Trinajstić information content (AvgIpc) is 3.43. The minimum absolute atomic E-state index is 0.0788. The maximum atomic E-state index is 12.9. The lowest BCUT2D eigenvalue weighted by Crippen LogP contribution is -2.39. The minimum Gasteiger partial charge on any atom is -0.338 e. The molecule has 0 spiro atoms. The van der Waals surface area contributed by atoms with Crippen LogP contribution in [0.5, 0.6) is 0 Å². The molecule has 1 aliphatic rings. The molecule has 1 aromatic carbocycles. The summed E-state index contributed by atoms with van der Waals surface area (Å²) in [6, 6.07) is 12.0. The van der Waals surface area contributed by atoms with Crippen LogP contribution < -0.4 is 0 Å². The number of nitrogens with one attached hydrogen (secondary N) is 1. The average molecular weight is 386 g/mol. The number of rotatable bonds is 3. The SMILES string of the molecule is CC1CCCN(C(=O)c2cnc3c(ccn3-c3ccc(-c4ncn[nH]4)cc3)c2)C1. The molecule has 1 fully saturated rings. The fourth-order valence-corrected chi connectivity index (χ4v) is 4.03. The zero-order chi connectivity index (χ0) is 19.8. The molecule has 1 aliphatic heterocycles. The fourth-order valence-electron chi connectivity index (χ4n) is 4.03. The van der Waals surface area contributed by atoms with Crippen molar-refractivity contribution in [3.63, 3.8) is 0 Å². The summed E-state index contributed by atoms with van der Waals surface area (Å²) < 4.78 is 2.02. The first-order chi connectivity index (χ1) is 14.2. The highest BCUT2D eigenvalue weighted by atomic mass is 16.2. The number of aromatic nitrogens is 5. The van der Waals surface area contributed by atoms with Gasteiger partial charge in [0.15, 0.2) is 5.82 Å². The van der Waals surface area contributed by atoms with Gasteiger partial charge in [-0.15, -0.1) is 0 Å². The Morgan fingerprint density at radius 1 is 1.17 bits per heavy atom. The number of likely N-dealkylation sites (tertiary alicyclic amines) is 1. The number of nitrogens with zero attached hydrogens (tertiary/aromatic N) is 5. The van der Waals surface area contributed by atoms with Crippen LogP contribution in [0.15, 0.2) is 55.1 Å². The van der Waals surface area contributed by atoms with Gasteiger partial charge < -0.3 is 9.47 Å². The highest BCUT2D eigenvalue weighted by Gasteiger charge is 2.22. The lowest BCUT2D eigenvalue weighted by Gasteiger charge is -2.30. The third kappa shape index (κ3) is 3.29. The quantitative estimate of drug-likeness (QED) is 0.582. The van der Waals surface area contributed by atoms with Crippen LogP contribution in [0.25, 0.3) is 28.1 Å². The van der Waals surface area contributed by atoms with Crippen LogP contribution in [0.4, 0.5) is 0 Å².